The summed E-state index contributed by atoms with van der Waals surface area (Å²) in [6, 6.07) is 1.98. The van der Waals surface area contributed by atoms with Gasteiger partial charge in [0, 0.05) is 6.42 Å². The van der Waals surface area contributed by atoms with Crippen LogP contribution in [0.25, 0.3) is 0 Å². The molecule has 0 heterocycles. The molecule has 0 aliphatic carbocycles. The fourth-order valence-corrected chi connectivity index (χ4v) is 0.397. The smallest absolute Gasteiger partial charge is 0.152 e. The number of nitriles is 1. The van der Waals surface area contributed by atoms with Crippen LogP contribution in [-0.4, -0.2) is 5.78 Å². The van der Waals surface area contributed by atoms with Crippen LogP contribution in [0.15, 0.2) is 12.2 Å². The molecule has 0 aliphatic rings. The Balaban J connectivity index is 3.28. The van der Waals surface area contributed by atoms with Crippen molar-refractivity contribution >= 4 is 5.78 Å². The third kappa shape index (κ3) is 6.90. The van der Waals surface area contributed by atoms with E-state index in [1.165, 1.54) is 13.0 Å². The molecular formula is C7H9NO. The second-order valence-corrected chi connectivity index (χ2v) is 1.71. The molecule has 0 saturated carbocycles. The first kappa shape index (κ1) is 7.90. The Kier molecular flexibility index (Phi) is 4.43. The van der Waals surface area contributed by atoms with E-state index in [1.807, 2.05) is 6.07 Å². The summed E-state index contributed by atoms with van der Waals surface area (Å²) in [7, 11) is 0. The molecule has 0 amide bonds. The van der Waals surface area contributed by atoms with Crippen molar-refractivity contribution in [1.82, 2.24) is 0 Å². The van der Waals surface area contributed by atoms with Gasteiger partial charge < -0.3 is 0 Å². The minimum atomic E-state index is 0.0351. The Morgan fingerprint density at radius 2 is 2.44 bits per heavy atom. The Morgan fingerprint density at radius 3 is 2.89 bits per heavy atom. The summed E-state index contributed by atoms with van der Waals surface area (Å²) < 4.78 is 0. The van der Waals surface area contributed by atoms with Gasteiger partial charge in [0.25, 0.3) is 0 Å². The number of allylic oxidation sites excluding steroid dienone is 2. The number of hydrogen-bond acceptors (Lipinski definition) is 2. The molecule has 0 aromatic heterocycles. The molecule has 2 nitrogen and oxygen atoms in total. The molecule has 0 spiro atoms. The molecule has 0 atom stereocenters. The van der Waals surface area contributed by atoms with Gasteiger partial charge in [0.2, 0.25) is 0 Å². The zero-order valence-corrected chi connectivity index (χ0v) is 5.42. The maximum Gasteiger partial charge on any atom is 0.152 e. The predicted molar refractivity (Wildman–Crippen MR) is 34.7 cm³/mol. The first-order valence-electron chi connectivity index (χ1n) is 2.81. The molecule has 0 rings (SSSR count). The highest BCUT2D eigenvalue weighted by Gasteiger charge is 1.80. The molecule has 0 aromatic rings. The van der Waals surface area contributed by atoms with E-state index in [1.54, 1.807) is 6.08 Å². The maximum absolute atomic E-state index is 10.2. The molecule has 0 fully saturated rings. The molecule has 9 heavy (non-hydrogen) atoms. The summed E-state index contributed by atoms with van der Waals surface area (Å²) >= 11 is 0. The molecule has 0 bridgehead atoms. The average molecular weight is 123 g/mol. The van der Waals surface area contributed by atoms with Crippen molar-refractivity contribution in [2.45, 2.75) is 19.8 Å². The van der Waals surface area contributed by atoms with Crippen molar-refractivity contribution in [1.29, 1.82) is 5.26 Å². The van der Waals surface area contributed by atoms with Gasteiger partial charge in [-0.25, -0.2) is 0 Å². The van der Waals surface area contributed by atoms with E-state index in [0.29, 0.717) is 12.8 Å². The molecule has 0 unspecified atom stereocenters. The number of rotatable bonds is 3. The zero-order chi connectivity index (χ0) is 7.11. The molecule has 0 N–H and O–H groups in total. The topological polar surface area (TPSA) is 40.9 Å². The number of unbranched alkanes of at least 4 members (excludes halogenated alkanes) is 1. The largest absolute Gasteiger partial charge is 0.295 e. The van der Waals surface area contributed by atoms with E-state index in [-0.39, 0.29) is 5.78 Å². The van der Waals surface area contributed by atoms with Gasteiger partial charge in [-0.3, -0.25) is 4.79 Å². The molecular weight excluding hydrogens is 114 g/mol. The predicted octanol–water partition coefficient (Wildman–Crippen LogP) is 1.44. The Hall–Kier alpha value is -1.10. The second kappa shape index (κ2) is 5.04. The van der Waals surface area contributed by atoms with Crippen LogP contribution in [0.2, 0.25) is 0 Å². The van der Waals surface area contributed by atoms with Gasteiger partial charge in [0.15, 0.2) is 5.78 Å². The SMILES string of the molecule is CC(=O)/C=C/CCC#N. The third-order valence-electron chi connectivity index (χ3n) is 0.775. The van der Waals surface area contributed by atoms with Gasteiger partial charge >= 0.3 is 0 Å². The summed E-state index contributed by atoms with van der Waals surface area (Å²) in [6.45, 7) is 1.49. The van der Waals surface area contributed by atoms with Gasteiger partial charge in [-0.2, -0.15) is 5.26 Å². The van der Waals surface area contributed by atoms with Crippen molar-refractivity contribution in [3.63, 3.8) is 0 Å². The molecule has 0 aromatic carbocycles. The number of hydrogen-bond donors (Lipinski definition) is 0. The van der Waals surface area contributed by atoms with Crippen LogP contribution >= 0.6 is 0 Å². The number of nitrogens with zero attached hydrogens (tertiary/aromatic N) is 1. The minimum absolute atomic E-state index is 0.0351. The maximum atomic E-state index is 10.2. The molecule has 2 heteroatoms. The quantitative estimate of drug-likeness (QED) is 0.420. The Bertz CT molecular complexity index is 153. The Labute approximate surface area is 54.8 Å². The summed E-state index contributed by atoms with van der Waals surface area (Å²) in [6.07, 6.45) is 4.36. The highest BCUT2D eigenvalue weighted by atomic mass is 16.1. The fourth-order valence-electron chi connectivity index (χ4n) is 0.397. The van der Waals surface area contributed by atoms with Crippen LogP contribution in [-0.2, 0) is 4.79 Å². The van der Waals surface area contributed by atoms with Crippen molar-refractivity contribution in [2.24, 2.45) is 0 Å². The average Bonchev–Trinajstić information content (AvgIpc) is 1.80. The lowest BCUT2D eigenvalue weighted by Crippen LogP contribution is -1.78. The van der Waals surface area contributed by atoms with E-state index in [4.69, 9.17) is 5.26 Å². The normalized spacial score (nSPS) is 9.33. The lowest BCUT2D eigenvalue weighted by Gasteiger charge is -1.78. The lowest BCUT2D eigenvalue weighted by molar-refractivity contribution is -0.112. The monoisotopic (exact) mass is 123 g/mol. The molecule has 0 radical (unpaired) electrons. The van der Waals surface area contributed by atoms with E-state index in [0.717, 1.165) is 0 Å². The van der Waals surface area contributed by atoms with E-state index in [9.17, 15) is 4.79 Å². The van der Waals surface area contributed by atoms with Crippen LogP contribution in [0.4, 0.5) is 0 Å². The first-order valence-corrected chi connectivity index (χ1v) is 2.81. The van der Waals surface area contributed by atoms with Crippen LogP contribution < -0.4 is 0 Å². The van der Waals surface area contributed by atoms with Gasteiger partial charge in [0.05, 0.1) is 6.07 Å². The van der Waals surface area contributed by atoms with E-state index >= 15 is 0 Å². The van der Waals surface area contributed by atoms with Gasteiger partial charge in [-0.05, 0) is 19.4 Å². The highest BCUT2D eigenvalue weighted by Crippen LogP contribution is 1.87. The fraction of sp³-hybridized carbons (Fsp3) is 0.429. The first-order chi connectivity index (χ1) is 4.27. The van der Waals surface area contributed by atoms with Gasteiger partial charge in [0.1, 0.15) is 0 Å². The van der Waals surface area contributed by atoms with Crippen LogP contribution in [0, 0.1) is 11.3 Å². The van der Waals surface area contributed by atoms with Gasteiger partial charge in [-0.15, -0.1) is 0 Å². The second-order valence-electron chi connectivity index (χ2n) is 1.71. The minimum Gasteiger partial charge on any atom is -0.295 e. The van der Waals surface area contributed by atoms with Crippen molar-refractivity contribution < 1.29 is 4.79 Å². The van der Waals surface area contributed by atoms with Crippen LogP contribution in [0.1, 0.15) is 19.8 Å². The summed E-state index contributed by atoms with van der Waals surface area (Å²) in [5, 5.41) is 8.06. The highest BCUT2D eigenvalue weighted by molar-refractivity contribution is 5.87. The lowest BCUT2D eigenvalue weighted by atomic mass is 10.3. The molecule has 0 aliphatic heterocycles. The van der Waals surface area contributed by atoms with Crippen molar-refractivity contribution in [2.75, 3.05) is 0 Å². The van der Waals surface area contributed by atoms with E-state index < -0.39 is 0 Å². The van der Waals surface area contributed by atoms with Crippen molar-refractivity contribution in [3.05, 3.63) is 12.2 Å². The number of ketones is 1. The summed E-state index contributed by atoms with van der Waals surface area (Å²) in [5.41, 5.74) is 0. The zero-order valence-electron chi connectivity index (χ0n) is 5.42. The summed E-state index contributed by atoms with van der Waals surface area (Å²) in [5.74, 6) is 0.0351. The van der Waals surface area contributed by atoms with E-state index in [2.05, 4.69) is 0 Å². The van der Waals surface area contributed by atoms with Crippen LogP contribution in [0.5, 0.6) is 0 Å². The molecule has 48 valence electrons. The Morgan fingerprint density at radius 1 is 1.78 bits per heavy atom. The third-order valence-corrected chi connectivity index (χ3v) is 0.775. The summed E-state index contributed by atoms with van der Waals surface area (Å²) in [4.78, 5) is 10.2. The molecule has 0 saturated heterocycles. The van der Waals surface area contributed by atoms with Crippen molar-refractivity contribution in [3.8, 4) is 6.07 Å². The number of carbonyl (C=O) groups excluding carboxylic acids is 1. The van der Waals surface area contributed by atoms with Gasteiger partial charge in [-0.1, -0.05) is 6.08 Å². The number of carbonyl (C=O) groups is 1. The van der Waals surface area contributed by atoms with Crippen LogP contribution in [0.3, 0.4) is 0 Å². The standard InChI is InChI=1S/C7H9NO/c1-7(9)5-3-2-4-6-8/h3,5H,2,4H2,1H3/b5-3+.